The van der Waals surface area contributed by atoms with Gasteiger partial charge in [-0.2, -0.15) is 0 Å². The van der Waals surface area contributed by atoms with Crippen LogP contribution in [0.2, 0.25) is 0 Å². The smallest absolute Gasteiger partial charge is 0.305 e. The number of hydrogen-bond donors (Lipinski definition) is 3. The Morgan fingerprint density at radius 1 is 1.00 bits per heavy atom. The van der Waals surface area contributed by atoms with Gasteiger partial charge in [0.1, 0.15) is 0 Å². The lowest BCUT2D eigenvalue weighted by atomic mass is 9.97. The van der Waals surface area contributed by atoms with Crippen molar-refractivity contribution < 1.29 is 23.1 Å². The first-order valence-corrected chi connectivity index (χ1v) is 13.7. The quantitative estimate of drug-likeness (QED) is 0.285. The molecule has 0 aliphatic carbocycles. The molecule has 0 aliphatic heterocycles. The van der Waals surface area contributed by atoms with Crippen molar-refractivity contribution in [1.29, 1.82) is 0 Å². The zero-order chi connectivity index (χ0) is 26.7. The van der Waals surface area contributed by atoms with E-state index in [1.165, 1.54) is 6.07 Å². The highest BCUT2D eigenvalue weighted by molar-refractivity contribution is 7.90. The van der Waals surface area contributed by atoms with Crippen molar-refractivity contribution in [1.82, 2.24) is 9.29 Å². The molecule has 0 saturated carbocycles. The van der Waals surface area contributed by atoms with E-state index in [9.17, 15) is 23.1 Å². The molecular weight excluding hydrogens is 490 g/mol. The van der Waals surface area contributed by atoms with Gasteiger partial charge in [0, 0.05) is 22.5 Å². The van der Waals surface area contributed by atoms with Crippen LogP contribution in [-0.2, 0) is 26.0 Å². The second-order valence-electron chi connectivity index (χ2n) is 9.34. The maximum absolute atomic E-state index is 14.3. The first kappa shape index (κ1) is 26.4. The van der Waals surface area contributed by atoms with Gasteiger partial charge in [-0.3, -0.25) is 9.59 Å². The van der Waals surface area contributed by atoms with Gasteiger partial charge in [0.05, 0.1) is 23.4 Å². The summed E-state index contributed by atoms with van der Waals surface area (Å²) in [6.07, 6.45) is 1.73. The van der Waals surface area contributed by atoms with Crippen LogP contribution in [0.4, 0.5) is 0 Å². The molecule has 0 saturated heterocycles. The number of benzene rings is 3. The lowest BCUT2D eigenvalue weighted by Gasteiger charge is -2.33. The zero-order valence-corrected chi connectivity index (χ0v) is 21.6. The number of carbonyl (C=O) groups is 2. The Labute approximate surface area is 216 Å². The molecule has 1 heterocycles. The van der Waals surface area contributed by atoms with Crippen LogP contribution in [0, 0.1) is 5.92 Å². The summed E-state index contributed by atoms with van der Waals surface area (Å²) in [5, 5.41) is 11.8. The number of aliphatic carboxylic acids is 1. The predicted octanol–water partition coefficient (Wildman–Crippen LogP) is 4.30. The number of fused-ring (bicyclic) bond motifs is 2. The van der Waals surface area contributed by atoms with Crippen LogP contribution in [0.3, 0.4) is 0 Å². The Hall–Kier alpha value is -3.69. The van der Waals surface area contributed by atoms with Crippen LogP contribution < -0.4 is 5.73 Å². The van der Waals surface area contributed by atoms with Crippen molar-refractivity contribution >= 4 is 43.6 Å². The molecule has 4 rings (SSSR count). The van der Waals surface area contributed by atoms with E-state index in [0.29, 0.717) is 22.8 Å². The molecule has 8 nitrogen and oxygen atoms in total. The molecule has 0 radical (unpaired) electrons. The highest BCUT2D eigenvalue weighted by Crippen LogP contribution is 2.31. The summed E-state index contributed by atoms with van der Waals surface area (Å²) in [6, 6.07) is 17.0. The minimum atomic E-state index is -4.48. The molecule has 4 N–H and O–H groups in total. The van der Waals surface area contributed by atoms with E-state index in [4.69, 9.17) is 5.73 Å². The van der Waals surface area contributed by atoms with E-state index < -0.39 is 40.4 Å². The van der Waals surface area contributed by atoms with Crippen LogP contribution in [0.25, 0.3) is 21.7 Å². The monoisotopic (exact) mass is 521 g/mol. The SMILES string of the molecule is CC[C@H](C)[C@H](N)C(=O)N([C@@H](CC(=O)O)Cc1c[nH]c2ccccc12)S(=O)(=O)c1cccc2ccccc12. The number of nitrogens with two attached hydrogens (primary N) is 1. The number of nitrogens with zero attached hydrogens (tertiary/aromatic N) is 1. The highest BCUT2D eigenvalue weighted by Gasteiger charge is 2.41. The maximum atomic E-state index is 14.3. The van der Waals surface area contributed by atoms with E-state index in [1.807, 2.05) is 31.2 Å². The van der Waals surface area contributed by atoms with Crippen molar-refractivity contribution in [3.8, 4) is 0 Å². The summed E-state index contributed by atoms with van der Waals surface area (Å²) < 4.78 is 29.3. The number of carboxylic acids is 1. The molecule has 194 valence electrons. The third kappa shape index (κ3) is 5.23. The third-order valence-electron chi connectivity index (χ3n) is 6.92. The Morgan fingerprint density at radius 2 is 1.65 bits per heavy atom. The molecule has 9 heteroatoms. The number of hydrogen-bond acceptors (Lipinski definition) is 5. The summed E-state index contributed by atoms with van der Waals surface area (Å²) in [4.78, 5) is 28.9. The number of amides is 1. The van der Waals surface area contributed by atoms with E-state index in [-0.39, 0.29) is 17.2 Å². The molecule has 3 atom stereocenters. The summed E-state index contributed by atoms with van der Waals surface area (Å²) >= 11 is 0. The summed E-state index contributed by atoms with van der Waals surface area (Å²) in [5.41, 5.74) is 7.83. The van der Waals surface area contributed by atoms with Gasteiger partial charge in [0.25, 0.3) is 15.9 Å². The lowest BCUT2D eigenvalue weighted by molar-refractivity contribution is -0.139. The first-order chi connectivity index (χ1) is 17.6. The molecule has 1 amide bonds. The molecule has 3 aromatic carbocycles. The third-order valence-corrected chi connectivity index (χ3v) is 8.83. The first-order valence-electron chi connectivity index (χ1n) is 12.2. The van der Waals surface area contributed by atoms with Gasteiger partial charge in [-0.1, -0.05) is 74.9 Å². The van der Waals surface area contributed by atoms with Gasteiger partial charge < -0.3 is 15.8 Å². The van der Waals surface area contributed by atoms with Gasteiger partial charge >= 0.3 is 5.97 Å². The van der Waals surface area contributed by atoms with Crippen molar-refractivity contribution in [2.75, 3.05) is 0 Å². The molecule has 0 bridgehead atoms. The van der Waals surface area contributed by atoms with Gasteiger partial charge in [0.2, 0.25) is 0 Å². The summed E-state index contributed by atoms with van der Waals surface area (Å²) in [6.45, 7) is 3.64. The second kappa shape index (κ2) is 10.7. The average Bonchev–Trinajstić information content (AvgIpc) is 3.29. The second-order valence-corrected chi connectivity index (χ2v) is 11.1. The Balaban J connectivity index is 1.89. The van der Waals surface area contributed by atoms with Crippen LogP contribution in [0.5, 0.6) is 0 Å². The van der Waals surface area contributed by atoms with Gasteiger partial charge in [-0.05, 0) is 35.4 Å². The molecule has 1 aromatic heterocycles. The lowest BCUT2D eigenvalue weighted by Crippen LogP contribution is -2.54. The van der Waals surface area contributed by atoms with Crippen molar-refractivity contribution in [2.24, 2.45) is 11.7 Å². The van der Waals surface area contributed by atoms with Crippen LogP contribution in [-0.4, -0.2) is 46.8 Å². The minimum absolute atomic E-state index is 0.0132. The van der Waals surface area contributed by atoms with Crippen molar-refractivity contribution in [3.63, 3.8) is 0 Å². The molecule has 0 fully saturated rings. The number of carbonyl (C=O) groups excluding carboxylic acids is 1. The van der Waals surface area contributed by atoms with Crippen molar-refractivity contribution in [2.45, 2.75) is 50.1 Å². The van der Waals surface area contributed by atoms with Gasteiger partial charge in [-0.15, -0.1) is 0 Å². The van der Waals surface area contributed by atoms with Crippen molar-refractivity contribution in [3.05, 3.63) is 78.5 Å². The zero-order valence-electron chi connectivity index (χ0n) is 20.8. The molecule has 0 spiro atoms. The fourth-order valence-electron chi connectivity index (χ4n) is 4.66. The molecule has 0 unspecified atom stereocenters. The van der Waals surface area contributed by atoms with E-state index in [0.717, 1.165) is 15.2 Å². The summed E-state index contributed by atoms with van der Waals surface area (Å²) in [7, 11) is -4.48. The molecule has 4 aromatic rings. The number of nitrogens with one attached hydrogen (secondary N) is 1. The number of para-hydroxylation sites is 1. The van der Waals surface area contributed by atoms with Gasteiger partial charge in [-0.25, -0.2) is 12.7 Å². The van der Waals surface area contributed by atoms with E-state index in [1.54, 1.807) is 49.5 Å². The topological polar surface area (TPSA) is 134 Å². The van der Waals surface area contributed by atoms with Crippen LogP contribution in [0.1, 0.15) is 32.3 Å². The Kier molecular flexibility index (Phi) is 7.65. The Morgan fingerprint density at radius 3 is 2.35 bits per heavy atom. The number of H-pyrrole nitrogens is 1. The molecule has 37 heavy (non-hydrogen) atoms. The summed E-state index contributed by atoms with van der Waals surface area (Å²) in [5.74, 6) is -2.34. The minimum Gasteiger partial charge on any atom is -0.481 e. The number of carboxylic acid groups (broad SMARTS) is 1. The fraction of sp³-hybridized carbons (Fsp3) is 0.286. The standard InChI is InChI=1S/C28H31N3O5S/c1-3-18(2)27(29)28(34)31(37(35,36)25-14-8-10-19-9-4-5-12-23(19)25)21(16-26(32)33)15-20-17-30-24-13-7-6-11-22(20)24/h4-14,17-18,21,27,30H,3,15-16,29H2,1-2H3,(H,32,33)/t18-,21+,27-/m0/s1. The number of rotatable bonds is 10. The highest BCUT2D eigenvalue weighted by atomic mass is 32.2. The van der Waals surface area contributed by atoms with E-state index >= 15 is 0 Å². The Bertz CT molecular complexity index is 1540. The average molecular weight is 522 g/mol. The number of sulfonamides is 1. The normalized spacial score (nSPS) is 14.4. The predicted molar refractivity (Wildman–Crippen MR) is 143 cm³/mol. The molecule has 0 aliphatic rings. The van der Waals surface area contributed by atoms with Crippen LogP contribution >= 0.6 is 0 Å². The van der Waals surface area contributed by atoms with Crippen LogP contribution in [0.15, 0.2) is 77.8 Å². The maximum Gasteiger partial charge on any atom is 0.305 e. The number of aromatic nitrogens is 1. The fourth-order valence-corrected chi connectivity index (χ4v) is 6.49. The number of aromatic amines is 1. The molecular formula is C28H31N3O5S. The van der Waals surface area contributed by atoms with E-state index in [2.05, 4.69) is 4.98 Å². The largest absolute Gasteiger partial charge is 0.481 e. The van der Waals surface area contributed by atoms with Gasteiger partial charge in [0.15, 0.2) is 0 Å².